The van der Waals surface area contributed by atoms with Gasteiger partial charge in [0.1, 0.15) is 5.82 Å². The third-order valence-electron chi connectivity index (χ3n) is 7.00. The molecular formula is C29H32N4O. The summed E-state index contributed by atoms with van der Waals surface area (Å²) >= 11 is 0. The molecule has 0 amide bonds. The first-order valence-corrected chi connectivity index (χ1v) is 12.2. The second-order valence-electron chi connectivity index (χ2n) is 9.69. The fourth-order valence-corrected chi connectivity index (χ4v) is 5.02. The number of hydrogen-bond donors (Lipinski definition) is 0. The maximum absolute atomic E-state index is 12.9. The quantitative estimate of drug-likeness (QED) is 0.494. The van der Waals surface area contributed by atoms with Gasteiger partial charge in [0.25, 0.3) is 0 Å². The van der Waals surface area contributed by atoms with Crippen LogP contribution in [0.5, 0.6) is 0 Å². The van der Waals surface area contributed by atoms with Crippen LogP contribution in [0.15, 0.2) is 54.6 Å². The first kappa shape index (κ1) is 22.5. The summed E-state index contributed by atoms with van der Waals surface area (Å²) in [6.07, 6.45) is 7.84. The summed E-state index contributed by atoms with van der Waals surface area (Å²) in [7, 11) is 4.34. The van der Waals surface area contributed by atoms with Gasteiger partial charge in [0.05, 0.1) is 5.69 Å². The van der Waals surface area contributed by atoms with E-state index in [2.05, 4.69) is 42.1 Å². The van der Waals surface area contributed by atoms with E-state index in [-0.39, 0.29) is 5.78 Å². The molecule has 0 saturated carbocycles. The summed E-state index contributed by atoms with van der Waals surface area (Å²) in [5.74, 6) is 1.94. The number of fused-ring (bicyclic) bond motifs is 1. The smallest absolute Gasteiger partial charge is 0.167 e. The molecule has 1 aliphatic carbocycles. The van der Waals surface area contributed by atoms with Crippen LogP contribution in [-0.4, -0.2) is 53.9 Å². The largest absolute Gasteiger partial charge is 0.356 e. The number of piperidine rings is 1. The lowest BCUT2D eigenvalue weighted by molar-refractivity contribution is 0.0993. The van der Waals surface area contributed by atoms with Gasteiger partial charge in [-0.25, -0.2) is 9.97 Å². The Morgan fingerprint density at radius 1 is 1.06 bits per heavy atom. The lowest BCUT2D eigenvalue weighted by atomic mass is 10.00. The molecule has 174 valence electrons. The van der Waals surface area contributed by atoms with Gasteiger partial charge in [-0.2, -0.15) is 0 Å². The Morgan fingerprint density at radius 2 is 1.85 bits per heavy atom. The van der Waals surface area contributed by atoms with E-state index in [1.807, 2.05) is 49.4 Å². The van der Waals surface area contributed by atoms with Crippen LogP contribution in [0, 0.1) is 6.92 Å². The second kappa shape index (κ2) is 9.51. The van der Waals surface area contributed by atoms with Gasteiger partial charge in [-0.1, -0.05) is 48.0 Å². The molecule has 0 spiro atoms. The number of benzene rings is 2. The zero-order chi connectivity index (χ0) is 23.7. The average Bonchev–Trinajstić information content (AvgIpc) is 3.32. The number of aromatic nitrogens is 2. The third-order valence-corrected chi connectivity index (χ3v) is 7.00. The van der Waals surface area contributed by atoms with Gasteiger partial charge in [0.2, 0.25) is 0 Å². The molecular weight excluding hydrogens is 420 g/mol. The Kier molecular flexibility index (Phi) is 6.29. The molecule has 34 heavy (non-hydrogen) atoms. The van der Waals surface area contributed by atoms with Crippen molar-refractivity contribution in [2.75, 3.05) is 32.1 Å². The number of ketones is 1. The zero-order valence-electron chi connectivity index (χ0n) is 20.3. The Balaban J connectivity index is 1.41. The minimum absolute atomic E-state index is 0.128. The van der Waals surface area contributed by atoms with E-state index in [1.165, 1.54) is 5.56 Å². The number of Topliss-reactive ketones (excluding diaryl/α,β-unsaturated/α-hetero) is 1. The number of allylic oxidation sites excluding steroid dienone is 1. The van der Waals surface area contributed by atoms with Crippen molar-refractivity contribution >= 4 is 17.7 Å². The lowest BCUT2D eigenvalue weighted by Gasteiger charge is -2.36. The molecule has 5 heteroatoms. The van der Waals surface area contributed by atoms with Gasteiger partial charge < -0.3 is 9.80 Å². The summed E-state index contributed by atoms with van der Waals surface area (Å²) in [5, 5.41) is 0. The van der Waals surface area contributed by atoms with Crippen LogP contribution in [0.1, 0.15) is 45.6 Å². The number of aryl methyl sites for hydroxylation is 1. The molecule has 1 aliphatic heterocycles. The molecule has 5 nitrogen and oxygen atoms in total. The van der Waals surface area contributed by atoms with Gasteiger partial charge in [0.15, 0.2) is 11.6 Å². The number of rotatable bonds is 6. The van der Waals surface area contributed by atoms with Gasteiger partial charge in [0, 0.05) is 42.2 Å². The monoisotopic (exact) mass is 452 g/mol. The van der Waals surface area contributed by atoms with Crippen molar-refractivity contribution in [3.05, 3.63) is 82.6 Å². The van der Waals surface area contributed by atoms with Crippen LogP contribution in [0.2, 0.25) is 0 Å². The molecule has 5 rings (SSSR count). The van der Waals surface area contributed by atoms with Crippen molar-refractivity contribution in [1.82, 2.24) is 14.9 Å². The Bertz CT molecular complexity index is 1240. The van der Waals surface area contributed by atoms with Crippen molar-refractivity contribution in [3.63, 3.8) is 0 Å². The normalized spacial score (nSPS) is 15.7. The number of nitrogens with zero attached hydrogens (tertiary/aromatic N) is 4. The molecule has 1 saturated heterocycles. The van der Waals surface area contributed by atoms with E-state index in [0.717, 1.165) is 71.9 Å². The first-order valence-electron chi connectivity index (χ1n) is 12.2. The molecule has 2 heterocycles. The van der Waals surface area contributed by atoms with Crippen molar-refractivity contribution < 1.29 is 4.79 Å². The van der Waals surface area contributed by atoms with Crippen LogP contribution in [-0.2, 0) is 12.8 Å². The molecule has 1 fully saturated rings. The fourth-order valence-electron chi connectivity index (χ4n) is 5.02. The molecule has 2 aliphatic rings. The predicted octanol–water partition coefficient (Wildman–Crippen LogP) is 4.98. The molecule has 0 radical (unpaired) electrons. The molecule has 0 unspecified atom stereocenters. The van der Waals surface area contributed by atoms with Gasteiger partial charge >= 0.3 is 0 Å². The van der Waals surface area contributed by atoms with Crippen LogP contribution < -0.4 is 4.90 Å². The van der Waals surface area contributed by atoms with E-state index >= 15 is 0 Å². The van der Waals surface area contributed by atoms with Crippen LogP contribution in [0.4, 0.5) is 5.82 Å². The minimum Gasteiger partial charge on any atom is -0.356 e. The summed E-state index contributed by atoms with van der Waals surface area (Å²) in [6, 6.07) is 16.5. The van der Waals surface area contributed by atoms with E-state index in [9.17, 15) is 4.79 Å². The maximum Gasteiger partial charge on any atom is 0.167 e. The highest BCUT2D eigenvalue weighted by Gasteiger charge is 2.26. The topological polar surface area (TPSA) is 49.3 Å². The van der Waals surface area contributed by atoms with Gasteiger partial charge in [-0.3, -0.25) is 4.79 Å². The maximum atomic E-state index is 12.9. The summed E-state index contributed by atoms with van der Waals surface area (Å²) in [6.45, 7) is 4.03. The van der Waals surface area contributed by atoms with Gasteiger partial charge in [-0.15, -0.1) is 0 Å². The van der Waals surface area contributed by atoms with Gasteiger partial charge in [-0.05, 0) is 64.1 Å². The molecule has 3 aromatic rings. The Hall–Kier alpha value is -3.31. The summed E-state index contributed by atoms with van der Waals surface area (Å²) in [4.78, 5) is 27.6. The van der Waals surface area contributed by atoms with Crippen molar-refractivity contribution in [3.8, 4) is 11.4 Å². The summed E-state index contributed by atoms with van der Waals surface area (Å²) in [5.41, 5.74) is 6.06. The molecule has 1 aromatic heterocycles. The highest BCUT2D eigenvalue weighted by molar-refractivity contribution is 5.97. The molecule has 0 atom stereocenters. The number of anilines is 1. The fraction of sp³-hybridized carbons (Fsp3) is 0.345. The third kappa shape index (κ3) is 4.66. The van der Waals surface area contributed by atoms with E-state index in [1.54, 1.807) is 0 Å². The second-order valence-corrected chi connectivity index (χ2v) is 9.69. The highest BCUT2D eigenvalue weighted by Crippen LogP contribution is 2.32. The zero-order valence-corrected chi connectivity index (χ0v) is 20.3. The Morgan fingerprint density at radius 3 is 2.62 bits per heavy atom. The Labute approximate surface area is 202 Å². The van der Waals surface area contributed by atoms with E-state index in [0.29, 0.717) is 12.5 Å². The SMILES string of the molecule is Cc1cccc(C(=O)Cc2cccc(-c3nc4c(c(N5CCC(N(C)C)CC5)n3)CC=C4)c2)c1. The van der Waals surface area contributed by atoms with Crippen LogP contribution in [0.25, 0.3) is 17.5 Å². The van der Waals surface area contributed by atoms with Crippen molar-refractivity contribution in [2.45, 2.75) is 38.6 Å². The molecule has 2 aromatic carbocycles. The van der Waals surface area contributed by atoms with Crippen LogP contribution in [0.3, 0.4) is 0 Å². The first-order chi connectivity index (χ1) is 16.5. The highest BCUT2D eigenvalue weighted by atomic mass is 16.1. The summed E-state index contributed by atoms with van der Waals surface area (Å²) < 4.78 is 0. The van der Waals surface area contributed by atoms with Crippen LogP contribution >= 0.6 is 0 Å². The minimum atomic E-state index is 0.128. The predicted molar refractivity (Wildman–Crippen MR) is 138 cm³/mol. The molecule has 0 N–H and O–H groups in total. The van der Waals surface area contributed by atoms with E-state index < -0.39 is 0 Å². The number of hydrogen-bond acceptors (Lipinski definition) is 5. The molecule has 0 bridgehead atoms. The average molecular weight is 453 g/mol. The number of carbonyl (C=O) groups is 1. The van der Waals surface area contributed by atoms with Crippen molar-refractivity contribution in [1.29, 1.82) is 0 Å². The lowest BCUT2D eigenvalue weighted by Crippen LogP contribution is -2.42. The number of carbonyl (C=O) groups excluding carboxylic acids is 1. The van der Waals surface area contributed by atoms with Crippen molar-refractivity contribution in [2.24, 2.45) is 0 Å². The van der Waals surface area contributed by atoms with E-state index in [4.69, 9.17) is 9.97 Å². The standard InChI is InChI=1S/C29H32N4O/c1-20-7-4-9-22(17-20)27(34)19-21-8-5-10-23(18-21)28-30-26-12-6-11-25(26)29(31-28)33-15-13-24(14-16-33)32(2)3/h4-10,12,17-18,24H,11,13-16,19H2,1-3H3.